The molecule has 11 aromatic carbocycles. The van der Waals surface area contributed by atoms with E-state index in [1.807, 2.05) is 0 Å². The van der Waals surface area contributed by atoms with E-state index < -0.39 is 0 Å². The van der Waals surface area contributed by atoms with Crippen molar-refractivity contribution in [1.82, 2.24) is 0 Å². The van der Waals surface area contributed by atoms with Crippen molar-refractivity contribution in [2.45, 2.75) is 0 Å². The van der Waals surface area contributed by atoms with Crippen molar-refractivity contribution in [3.8, 4) is 33.4 Å². The first-order valence-corrected chi connectivity index (χ1v) is 16.8. The quantitative estimate of drug-likeness (QED) is 0.176. The van der Waals surface area contributed by atoms with Crippen LogP contribution in [0, 0.1) is 0 Å². The predicted octanol–water partition coefficient (Wildman–Crippen LogP) is 13.6. The first kappa shape index (κ1) is 25.9. The van der Waals surface area contributed by atoms with Crippen LogP contribution in [0.5, 0.6) is 0 Å². The molecule has 0 atom stereocenters. The van der Waals surface area contributed by atoms with Gasteiger partial charge in [0.05, 0.1) is 0 Å². The third-order valence-corrected chi connectivity index (χ3v) is 10.8. The zero-order valence-electron chi connectivity index (χ0n) is 26.2. The summed E-state index contributed by atoms with van der Waals surface area (Å²) in [7, 11) is 0. The van der Waals surface area contributed by atoms with Crippen molar-refractivity contribution in [1.29, 1.82) is 0 Å². The standard InChI is InChI=1S/C48H28/c1-2-10-40-39(9-1)37(27-28-41(40)42-24-20-36-18-16-32-6-4-8-34-22-26-44(42)48(36)46(32)34)29-11-13-30(14-12-29)38-23-19-35-17-15-31-5-3-7-33-21-25-43(38)47(35)45(31)33/h1-28H. The van der Waals surface area contributed by atoms with E-state index >= 15 is 0 Å². The lowest BCUT2D eigenvalue weighted by atomic mass is 9.86. The predicted molar refractivity (Wildman–Crippen MR) is 208 cm³/mol. The van der Waals surface area contributed by atoms with Gasteiger partial charge in [-0.3, -0.25) is 0 Å². The van der Waals surface area contributed by atoms with Gasteiger partial charge in [-0.1, -0.05) is 170 Å². The van der Waals surface area contributed by atoms with Gasteiger partial charge in [0, 0.05) is 0 Å². The first-order chi connectivity index (χ1) is 23.8. The minimum Gasteiger partial charge on any atom is -0.0616 e. The van der Waals surface area contributed by atoms with Gasteiger partial charge in [-0.25, -0.2) is 0 Å². The summed E-state index contributed by atoms with van der Waals surface area (Å²) < 4.78 is 0. The highest BCUT2D eigenvalue weighted by Crippen LogP contribution is 2.44. The zero-order chi connectivity index (χ0) is 31.3. The molecule has 11 aromatic rings. The number of hydrogen-bond donors (Lipinski definition) is 0. The second-order valence-corrected chi connectivity index (χ2v) is 13.2. The van der Waals surface area contributed by atoms with Crippen molar-refractivity contribution in [2.75, 3.05) is 0 Å². The van der Waals surface area contributed by atoms with Gasteiger partial charge in [-0.05, 0) is 109 Å². The molecule has 0 saturated heterocycles. The maximum atomic E-state index is 2.33. The van der Waals surface area contributed by atoms with Crippen molar-refractivity contribution >= 4 is 75.4 Å². The second kappa shape index (κ2) is 9.64. The molecule has 0 N–H and O–H groups in total. The van der Waals surface area contributed by atoms with Crippen LogP contribution in [0.4, 0.5) is 0 Å². The third-order valence-electron chi connectivity index (χ3n) is 10.8. The van der Waals surface area contributed by atoms with Crippen LogP contribution in [0.3, 0.4) is 0 Å². The topological polar surface area (TPSA) is 0 Å². The summed E-state index contributed by atoms with van der Waals surface area (Å²) in [6, 6.07) is 63.3. The lowest BCUT2D eigenvalue weighted by Gasteiger charge is -2.17. The maximum Gasteiger partial charge on any atom is -0.00206 e. The van der Waals surface area contributed by atoms with Crippen LogP contribution < -0.4 is 0 Å². The minimum absolute atomic E-state index is 1.23. The highest BCUT2D eigenvalue weighted by Gasteiger charge is 2.16. The summed E-state index contributed by atoms with van der Waals surface area (Å²) in [6.45, 7) is 0. The molecule has 0 aromatic heterocycles. The fourth-order valence-electron chi connectivity index (χ4n) is 8.57. The number of rotatable bonds is 3. The Kier molecular flexibility index (Phi) is 5.20. The maximum absolute atomic E-state index is 2.33. The molecule has 220 valence electrons. The van der Waals surface area contributed by atoms with Gasteiger partial charge in [0.15, 0.2) is 0 Å². The molecular weight excluding hydrogens is 577 g/mol. The van der Waals surface area contributed by atoms with Crippen LogP contribution in [-0.2, 0) is 0 Å². The number of hydrogen-bond acceptors (Lipinski definition) is 0. The highest BCUT2D eigenvalue weighted by molar-refractivity contribution is 6.27. The third kappa shape index (κ3) is 3.55. The fraction of sp³-hybridized carbons (Fsp3) is 0. The van der Waals surface area contributed by atoms with E-state index in [4.69, 9.17) is 0 Å². The highest BCUT2D eigenvalue weighted by atomic mass is 14.2. The van der Waals surface area contributed by atoms with Gasteiger partial charge in [0.2, 0.25) is 0 Å². The van der Waals surface area contributed by atoms with Gasteiger partial charge in [-0.2, -0.15) is 0 Å². The van der Waals surface area contributed by atoms with Crippen LogP contribution >= 0.6 is 0 Å². The molecule has 0 spiro atoms. The average Bonchev–Trinajstić information content (AvgIpc) is 3.16. The van der Waals surface area contributed by atoms with E-state index in [9.17, 15) is 0 Å². The summed E-state index contributed by atoms with van der Waals surface area (Å²) in [5.74, 6) is 0. The van der Waals surface area contributed by atoms with E-state index in [1.165, 1.54) is 109 Å². The first-order valence-electron chi connectivity index (χ1n) is 16.8. The normalized spacial score (nSPS) is 12.2. The molecule has 0 radical (unpaired) electrons. The lowest BCUT2D eigenvalue weighted by Crippen LogP contribution is -1.90. The molecule has 0 nitrogen and oxygen atoms in total. The molecular formula is C48H28. The number of benzene rings is 11. The van der Waals surface area contributed by atoms with E-state index in [0.29, 0.717) is 0 Å². The van der Waals surface area contributed by atoms with Crippen molar-refractivity contribution in [2.24, 2.45) is 0 Å². The molecule has 0 amide bonds. The molecule has 0 fully saturated rings. The van der Waals surface area contributed by atoms with Crippen LogP contribution in [0.1, 0.15) is 0 Å². The Hall–Kier alpha value is -6.24. The molecule has 0 aliphatic heterocycles. The van der Waals surface area contributed by atoms with E-state index in [2.05, 4.69) is 170 Å². The Labute approximate surface area is 277 Å². The van der Waals surface area contributed by atoms with Gasteiger partial charge >= 0.3 is 0 Å². The Bertz CT molecular complexity index is 3000. The van der Waals surface area contributed by atoms with Gasteiger partial charge in [0.1, 0.15) is 0 Å². The Morgan fingerprint density at radius 3 is 1.06 bits per heavy atom. The summed E-state index contributed by atoms with van der Waals surface area (Å²) in [5.41, 5.74) is 7.57. The fourth-order valence-corrected chi connectivity index (χ4v) is 8.57. The van der Waals surface area contributed by atoms with Crippen molar-refractivity contribution < 1.29 is 0 Å². The largest absolute Gasteiger partial charge is 0.0616 e. The molecule has 0 saturated carbocycles. The Morgan fingerprint density at radius 2 is 0.521 bits per heavy atom. The van der Waals surface area contributed by atoms with Crippen LogP contribution in [0.15, 0.2) is 170 Å². The molecule has 0 heteroatoms. The summed E-state index contributed by atoms with van der Waals surface area (Å²) in [5, 5.41) is 18.4. The summed E-state index contributed by atoms with van der Waals surface area (Å²) in [6.07, 6.45) is 0. The molecule has 0 aliphatic rings. The van der Waals surface area contributed by atoms with Crippen molar-refractivity contribution in [3.05, 3.63) is 170 Å². The van der Waals surface area contributed by atoms with Crippen LogP contribution in [0.2, 0.25) is 0 Å². The monoisotopic (exact) mass is 604 g/mol. The van der Waals surface area contributed by atoms with Gasteiger partial charge in [-0.15, -0.1) is 0 Å². The van der Waals surface area contributed by atoms with Gasteiger partial charge in [0.25, 0.3) is 0 Å². The summed E-state index contributed by atoms with van der Waals surface area (Å²) >= 11 is 0. The molecule has 48 heavy (non-hydrogen) atoms. The molecule has 0 aliphatic carbocycles. The van der Waals surface area contributed by atoms with Crippen molar-refractivity contribution in [3.63, 3.8) is 0 Å². The van der Waals surface area contributed by atoms with E-state index in [1.54, 1.807) is 0 Å². The number of fused-ring (bicyclic) bond motifs is 1. The Balaban J connectivity index is 1.06. The SMILES string of the molecule is c1cc2ccc3ccc(-c4ccc(-c5ccc(-c6ccc7ccc8cccc9ccc6c7c89)c6ccccc56)cc4)c4ccc(c1)c2c34. The van der Waals surface area contributed by atoms with E-state index in [0.717, 1.165) is 0 Å². The zero-order valence-corrected chi connectivity index (χ0v) is 26.2. The molecule has 0 heterocycles. The molecule has 0 unspecified atom stereocenters. The lowest BCUT2D eigenvalue weighted by molar-refractivity contribution is 1.63. The van der Waals surface area contributed by atoms with Crippen LogP contribution in [-0.4, -0.2) is 0 Å². The van der Waals surface area contributed by atoms with Gasteiger partial charge < -0.3 is 0 Å². The second-order valence-electron chi connectivity index (χ2n) is 13.2. The minimum atomic E-state index is 1.23. The summed E-state index contributed by atoms with van der Waals surface area (Å²) in [4.78, 5) is 0. The molecule has 11 rings (SSSR count). The van der Waals surface area contributed by atoms with Crippen LogP contribution in [0.25, 0.3) is 109 Å². The molecule has 0 bridgehead atoms. The Morgan fingerprint density at radius 1 is 0.188 bits per heavy atom. The smallest absolute Gasteiger partial charge is 0.00206 e. The van der Waals surface area contributed by atoms with E-state index in [-0.39, 0.29) is 0 Å². The average molecular weight is 605 g/mol.